The number of piperazine rings is 1. The Hall–Kier alpha value is -1.08. The van der Waals surface area contributed by atoms with E-state index in [-0.39, 0.29) is 36.8 Å². The zero-order valence-electron chi connectivity index (χ0n) is 13.8. The predicted octanol–water partition coefficient (Wildman–Crippen LogP) is 0.997. The van der Waals surface area contributed by atoms with Crippen molar-refractivity contribution in [2.75, 3.05) is 50.7 Å². The molecule has 1 amide bonds. The molecule has 3 rings (SSSR count). The molecule has 3 heterocycles. The number of anilines is 1. The molecule has 136 valence electrons. The Morgan fingerprint density at radius 1 is 1.08 bits per heavy atom. The highest BCUT2D eigenvalue weighted by atomic mass is 35.5. The van der Waals surface area contributed by atoms with E-state index in [1.165, 1.54) is 0 Å². The van der Waals surface area contributed by atoms with Crippen LogP contribution in [0.5, 0.6) is 0 Å². The van der Waals surface area contributed by atoms with Crippen LogP contribution < -0.4 is 10.6 Å². The number of hydrogen-bond acceptors (Lipinski definition) is 5. The van der Waals surface area contributed by atoms with Crippen molar-refractivity contribution >= 4 is 36.5 Å². The van der Waals surface area contributed by atoms with Crippen molar-refractivity contribution in [2.45, 2.75) is 18.9 Å². The summed E-state index contributed by atoms with van der Waals surface area (Å²) in [6.07, 6.45) is 3.69. The van der Waals surface area contributed by atoms with E-state index in [1.807, 2.05) is 29.3 Å². The number of amides is 1. The maximum atomic E-state index is 12.3. The number of carbonyl (C=O) groups excluding carboxylic acids is 1. The number of nitrogens with two attached hydrogens (primary N) is 1. The van der Waals surface area contributed by atoms with Gasteiger partial charge in [0.1, 0.15) is 5.82 Å². The van der Waals surface area contributed by atoms with Crippen molar-refractivity contribution in [3.8, 4) is 0 Å². The minimum Gasteiger partial charge on any atom is -0.354 e. The molecule has 0 unspecified atom stereocenters. The van der Waals surface area contributed by atoms with Crippen molar-refractivity contribution in [1.29, 1.82) is 0 Å². The molecule has 0 saturated carbocycles. The number of rotatable bonds is 3. The molecule has 2 N–H and O–H groups in total. The van der Waals surface area contributed by atoms with Gasteiger partial charge in [0, 0.05) is 51.5 Å². The van der Waals surface area contributed by atoms with Crippen molar-refractivity contribution in [2.24, 2.45) is 5.73 Å². The molecule has 2 fully saturated rings. The second kappa shape index (κ2) is 10.0. The summed E-state index contributed by atoms with van der Waals surface area (Å²) >= 11 is 0. The van der Waals surface area contributed by atoms with Gasteiger partial charge in [0.15, 0.2) is 0 Å². The number of piperidine rings is 1. The zero-order chi connectivity index (χ0) is 15.4. The van der Waals surface area contributed by atoms with Gasteiger partial charge in [-0.3, -0.25) is 9.69 Å². The summed E-state index contributed by atoms with van der Waals surface area (Å²) in [6, 6.07) is 6.26. The Kier molecular flexibility index (Phi) is 8.76. The molecule has 0 radical (unpaired) electrons. The lowest BCUT2D eigenvalue weighted by Crippen LogP contribution is -2.51. The van der Waals surface area contributed by atoms with E-state index in [0.717, 1.165) is 57.9 Å². The van der Waals surface area contributed by atoms with Crippen LogP contribution in [0, 0.1) is 0 Å². The smallest absolute Gasteiger partial charge is 0.236 e. The van der Waals surface area contributed by atoms with Crippen LogP contribution in [0.4, 0.5) is 5.82 Å². The van der Waals surface area contributed by atoms with Gasteiger partial charge in [0.2, 0.25) is 5.91 Å². The van der Waals surface area contributed by atoms with Gasteiger partial charge in [0.05, 0.1) is 6.54 Å². The minimum atomic E-state index is 0. The van der Waals surface area contributed by atoms with Crippen molar-refractivity contribution < 1.29 is 4.79 Å². The van der Waals surface area contributed by atoms with Crippen molar-refractivity contribution in [3.63, 3.8) is 0 Å². The van der Waals surface area contributed by atoms with Gasteiger partial charge in [-0.15, -0.1) is 24.8 Å². The molecule has 24 heavy (non-hydrogen) atoms. The molecule has 6 nitrogen and oxygen atoms in total. The molecule has 8 heteroatoms. The molecule has 0 spiro atoms. The Balaban J connectivity index is 0.00000144. The fourth-order valence-electron chi connectivity index (χ4n) is 3.12. The molecular formula is C16H27Cl2N5O. The van der Waals surface area contributed by atoms with E-state index in [2.05, 4.69) is 14.8 Å². The van der Waals surface area contributed by atoms with Crippen LogP contribution >= 0.6 is 24.8 Å². The summed E-state index contributed by atoms with van der Waals surface area (Å²) in [7, 11) is 0. The summed E-state index contributed by atoms with van der Waals surface area (Å²) in [5.74, 6) is 1.27. The van der Waals surface area contributed by atoms with Crippen molar-refractivity contribution in [3.05, 3.63) is 24.4 Å². The second-order valence-corrected chi connectivity index (χ2v) is 6.17. The van der Waals surface area contributed by atoms with E-state index in [1.54, 1.807) is 0 Å². The highest BCUT2D eigenvalue weighted by Crippen LogP contribution is 2.13. The van der Waals surface area contributed by atoms with E-state index in [0.29, 0.717) is 6.54 Å². The van der Waals surface area contributed by atoms with E-state index < -0.39 is 0 Å². The molecule has 0 bridgehead atoms. The summed E-state index contributed by atoms with van der Waals surface area (Å²) in [4.78, 5) is 23.2. The van der Waals surface area contributed by atoms with Gasteiger partial charge in [-0.25, -0.2) is 4.98 Å². The third-order valence-corrected chi connectivity index (χ3v) is 4.60. The monoisotopic (exact) mass is 375 g/mol. The molecule has 0 atom stereocenters. The topological polar surface area (TPSA) is 65.7 Å². The number of pyridine rings is 1. The molecular weight excluding hydrogens is 349 g/mol. The van der Waals surface area contributed by atoms with Crippen LogP contribution in [0.2, 0.25) is 0 Å². The lowest BCUT2D eigenvalue weighted by Gasteiger charge is -2.37. The van der Waals surface area contributed by atoms with Gasteiger partial charge in [-0.05, 0) is 25.0 Å². The van der Waals surface area contributed by atoms with E-state index >= 15 is 0 Å². The van der Waals surface area contributed by atoms with Gasteiger partial charge in [-0.1, -0.05) is 6.07 Å². The Bertz CT molecular complexity index is 489. The predicted molar refractivity (Wildman–Crippen MR) is 101 cm³/mol. The second-order valence-electron chi connectivity index (χ2n) is 6.17. The van der Waals surface area contributed by atoms with E-state index in [9.17, 15) is 4.79 Å². The fraction of sp³-hybridized carbons (Fsp3) is 0.625. The first-order valence-corrected chi connectivity index (χ1v) is 8.14. The molecule has 2 saturated heterocycles. The maximum absolute atomic E-state index is 12.3. The number of hydrogen-bond donors (Lipinski definition) is 1. The summed E-state index contributed by atoms with van der Waals surface area (Å²) < 4.78 is 0. The van der Waals surface area contributed by atoms with Crippen LogP contribution in [0.15, 0.2) is 24.4 Å². The average Bonchev–Trinajstić information content (AvgIpc) is 2.57. The number of likely N-dealkylation sites (tertiary alicyclic amines) is 1. The Labute approximate surface area is 156 Å². The lowest BCUT2D eigenvalue weighted by atomic mass is 10.1. The van der Waals surface area contributed by atoms with Gasteiger partial charge in [-0.2, -0.15) is 0 Å². The fourth-order valence-corrected chi connectivity index (χ4v) is 3.12. The SMILES string of the molecule is Cl.Cl.NC1CCN(C(=O)CN2CCN(c3ccccn3)CC2)CC1. The zero-order valence-corrected chi connectivity index (χ0v) is 15.5. The summed E-state index contributed by atoms with van der Waals surface area (Å²) in [6.45, 7) is 5.84. The van der Waals surface area contributed by atoms with Crippen molar-refractivity contribution in [1.82, 2.24) is 14.8 Å². The molecule has 2 aliphatic heterocycles. The number of halogens is 2. The first-order valence-electron chi connectivity index (χ1n) is 8.14. The normalized spacial score (nSPS) is 19.4. The van der Waals surface area contributed by atoms with Gasteiger partial charge in [0.25, 0.3) is 0 Å². The quantitative estimate of drug-likeness (QED) is 0.853. The number of nitrogens with zero attached hydrogens (tertiary/aromatic N) is 4. The Morgan fingerprint density at radius 3 is 2.33 bits per heavy atom. The van der Waals surface area contributed by atoms with Crippen LogP contribution in [0.3, 0.4) is 0 Å². The van der Waals surface area contributed by atoms with Crippen LogP contribution in [0.1, 0.15) is 12.8 Å². The average molecular weight is 376 g/mol. The van der Waals surface area contributed by atoms with Gasteiger partial charge >= 0.3 is 0 Å². The van der Waals surface area contributed by atoms with Crippen LogP contribution in [-0.4, -0.2) is 72.5 Å². The van der Waals surface area contributed by atoms with Crippen LogP contribution in [-0.2, 0) is 4.79 Å². The first-order chi connectivity index (χ1) is 10.7. The Morgan fingerprint density at radius 2 is 1.75 bits per heavy atom. The largest absolute Gasteiger partial charge is 0.354 e. The standard InChI is InChI=1S/C16H25N5O.2ClH/c17-14-4-7-21(8-5-14)16(22)13-19-9-11-20(12-10-19)15-3-1-2-6-18-15;;/h1-3,6,14H,4-5,7-13,17H2;2*1H. The molecule has 2 aliphatic rings. The summed E-state index contributed by atoms with van der Waals surface area (Å²) in [5.41, 5.74) is 5.89. The molecule has 1 aromatic heterocycles. The maximum Gasteiger partial charge on any atom is 0.236 e. The minimum absolute atomic E-state index is 0. The van der Waals surface area contributed by atoms with Gasteiger partial charge < -0.3 is 15.5 Å². The lowest BCUT2D eigenvalue weighted by molar-refractivity contribution is -0.133. The third-order valence-electron chi connectivity index (χ3n) is 4.60. The molecule has 0 aliphatic carbocycles. The van der Waals surface area contributed by atoms with Crippen LogP contribution in [0.25, 0.3) is 0 Å². The third kappa shape index (κ3) is 5.48. The van der Waals surface area contributed by atoms with E-state index in [4.69, 9.17) is 5.73 Å². The summed E-state index contributed by atoms with van der Waals surface area (Å²) in [5, 5.41) is 0. The highest BCUT2D eigenvalue weighted by molar-refractivity contribution is 5.85. The molecule has 1 aromatic rings. The molecule has 0 aromatic carbocycles. The highest BCUT2D eigenvalue weighted by Gasteiger charge is 2.24. The first kappa shape index (κ1) is 21.0. The number of aromatic nitrogens is 1. The number of carbonyl (C=O) groups is 1.